The van der Waals surface area contributed by atoms with Gasteiger partial charge in [-0.3, -0.25) is 19.8 Å². The number of guanidine groups is 1. The molecule has 3 atom stereocenters. The first-order valence-electron chi connectivity index (χ1n) is 11.6. The maximum absolute atomic E-state index is 15.2. The Morgan fingerprint density at radius 1 is 1.19 bits per heavy atom. The summed E-state index contributed by atoms with van der Waals surface area (Å²) in [6, 6.07) is 2.87. The van der Waals surface area contributed by atoms with Crippen LogP contribution in [0.4, 0.5) is 19.7 Å². The molecule has 2 aliphatic heterocycles. The van der Waals surface area contributed by atoms with E-state index in [1.165, 1.54) is 7.05 Å². The Bertz CT molecular complexity index is 1140. The van der Waals surface area contributed by atoms with E-state index in [1.54, 1.807) is 48.5 Å². The molecule has 37 heavy (non-hydrogen) atoms. The number of ether oxygens (including phenoxy) is 3. The number of non-ortho nitro benzene ring substituents is 1. The van der Waals surface area contributed by atoms with Crippen LogP contribution in [0.1, 0.15) is 54.0 Å². The first kappa shape index (κ1) is 28.0. The van der Waals surface area contributed by atoms with Gasteiger partial charge in [-0.1, -0.05) is 0 Å². The number of hydrogen-bond donors (Lipinski definition) is 0. The minimum Gasteiger partial charge on any atom is -0.443 e. The van der Waals surface area contributed by atoms with Crippen molar-refractivity contribution in [2.45, 2.75) is 71.3 Å². The summed E-state index contributed by atoms with van der Waals surface area (Å²) >= 11 is 0. The molecule has 0 radical (unpaired) electrons. The van der Waals surface area contributed by atoms with Crippen LogP contribution in [0.15, 0.2) is 23.2 Å². The third kappa shape index (κ3) is 5.41. The Morgan fingerprint density at radius 2 is 1.73 bits per heavy atom. The van der Waals surface area contributed by atoms with Gasteiger partial charge in [0.1, 0.15) is 22.6 Å². The van der Waals surface area contributed by atoms with Crippen molar-refractivity contribution in [3.63, 3.8) is 0 Å². The molecule has 202 valence electrons. The monoisotopic (exact) mass is 522 g/mol. The summed E-state index contributed by atoms with van der Waals surface area (Å²) in [5.41, 5.74) is -4.58. The molecule has 1 aromatic rings. The van der Waals surface area contributed by atoms with Crippen LogP contribution in [-0.4, -0.2) is 69.7 Å². The number of nitrogens with zero attached hydrogens (tertiary/aromatic N) is 4. The molecule has 0 aliphatic carbocycles. The van der Waals surface area contributed by atoms with E-state index in [9.17, 15) is 24.5 Å². The maximum Gasteiger partial charge on any atom is 0.427 e. The summed E-state index contributed by atoms with van der Waals surface area (Å²) in [7, 11) is 1.29. The van der Waals surface area contributed by atoms with Gasteiger partial charge in [-0.2, -0.15) is 0 Å². The second-order valence-electron chi connectivity index (χ2n) is 10.9. The summed E-state index contributed by atoms with van der Waals surface area (Å²) in [5.74, 6) is -3.10. The normalized spacial score (nSPS) is 23.8. The number of nitro groups is 1. The van der Waals surface area contributed by atoms with E-state index in [2.05, 4.69) is 4.99 Å². The number of imide groups is 1. The predicted octanol–water partition coefficient (Wildman–Crippen LogP) is 3.96. The van der Waals surface area contributed by atoms with Crippen LogP contribution >= 0.6 is 0 Å². The zero-order chi connectivity index (χ0) is 28.1. The smallest absolute Gasteiger partial charge is 0.427 e. The van der Waals surface area contributed by atoms with Gasteiger partial charge in [-0.05, 0) is 54.5 Å². The molecular weight excluding hydrogens is 491 g/mol. The lowest BCUT2D eigenvalue weighted by molar-refractivity contribution is -0.385. The van der Waals surface area contributed by atoms with Crippen molar-refractivity contribution in [1.82, 2.24) is 9.80 Å². The van der Waals surface area contributed by atoms with E-state index in [0.717, 1.165) is 23.1 Å². The topological polar surface area (TPSA) is 141 Å². The van der Waals surface area contributed by atoms with Crippen molar-refractivity contribution in [2.75, 3.05) is 13.7 Å². The van der Waals surface area contributed by atoms with Crippen molar-refractivity contribution in [1.29, 1.82) is 0 Å². The summed E-state index contributed by atoms with van der Waals surface area (Å²) in [6.45, 7) is 10.7. The number of nitro benzene ring substituents is 1. The quantitative estimate of drug-likeness (QED) is 0.420. The fourth-order valence-corrected chi connectivity index (χ4v) is 4.22. The number of fused-ring (bicyclic) bond motifs is 1. The first-order chi connectivity index (χ1) is 16.9. The highest BCUT2D eigenvalue weighted by Crippen LogP contribution is 2.48. The molecule has 3 rings (SSSR count). The van der Waals surface area contributed by atoms with Gasteiger partial charge >= 0.3 is 12.2 Å². The third-order valence-electron chi connectivity index (χ3n) is 5.73. The second-order valence-corrected chi connectivity index (χ2v) is 10.9. The van der Waals surface area contributed by atoms with Crippen molar-refractivity contribution in [2.24, 2.45) is 10.9 Å². The standard InChI is InChI=1S/C24H31FN4O8/c1-13-17-18(30)27(8)19(28(20(31)36-22(2,3)4)21(32)37-23(5,6)7)26-24(17,12-35-13)15-11-14(29(33)34)9-10-16(15)25/h9-11,13,17H,12H2,1-8H3/t13-,17+,24-/m1/s1. The summed E-state index contributed by atoms with van der Waals surface area (Å²) in [4.78, 5) is 56.8. The lowest BCUT2D eigenvalue weighted by Crippen LogP contribution is -2.60. The highest BCUT2D eigenvalue weighted by molar-refractivity contribution is 6.13. The molecule has 13 heteroatoms. The number of rotatable bonds is 2. The molecule has 1 aromatic carbocycles. The number of carbonyl (C=O) groups excluding carboxylic acids is 3. The van der Waals surface area contributed by atoms with Crippen LogP contribution in [0.5, 0.6) is 0 Å². The van der Waals surface area contributed by atoms with E-state index < -0.39 is 69.2 Å². The molecule has 0 unspecified atom stereocenters. The molecular formula is C24H31FN4O8. The van der Waals surface area contributed by atoms with Gasteiger partial charge in [-0.25, -0.2) is 19.0 Å². The number of aliphatic imine (C=N–C) groups is 1. The van der Waals surface area contributed by atoms with E-state index in [-0.39, 0.29) is 12.2 Å². The molecule has 0 saturated carbocycles. The number of amides is 3. The third-order valence-corrected chi connectivity index (χ3v) is 5.73. The molecule has 0 spiro atoms. The van der Waals surface area contributed by atoms with Gasteiger partial charge in [0.25, 0.3) is 5.69 Å². The Hall–Kier alpha value is -3.61. The highest BCUT2D eigenvalue weighted by Gasteiger charge is 2.60. The lowest BCUT2D eigenvalue weighted by atomic mass is 9.76. The van der Waals surface area contributed by atoms with Crippen molar-refractivity contribution in [3.05, 3.63) is 39.7 Å². The van der Waals surface area contributed by atoms with E-state index in [1.807, 2.05) is 0 Å². The molecule has 3 amide bonds. The molecule has 0 bridgehead atoms. The number of benzene rings is 1. The Kier molecular flexibility index (Phi) is 7.08. The molecule has 2 aliphatic rings. The number of halogens is 1. The van der Waals surface area contributed by atoms with Crippen LogP contribution in [0, 0.1) is 21.8 Å². The van der Waals surface area contributed by atoms with Gasteiger partial charge in [0.2, 0.25) is 11.9 Å². The minimum absolute atomic E-state index is 0.275. The number of carbonyl (C=O) groups is 3. The summed E-state index contributed by atoms with van der Waals surface area (Å²) < 4.78 is 31.7. The minimum atomic E-state index is -1.81. The fourth-order valence-electron chi connectivity index (χ4n) is 4.22. The Balaban J connectivity index is 2.29. The van der Waals surface area contributed by atoms with E-state index in [4.69, 9.17) is 14.2 Å². The molecule has 1 saturated heterocycles. The van der Waals surface area contributed by atoms with Gasteiger partial charge in [-0.15, -0.1) is 4.90 Å². The zero-order valence-corrected chi connectivity index (χ0v) is 22.0. The van der Waals surface area contributed by atoms with Crippen molar-refractivity contribution < 1.29 is 37.9 Å². The zero-order valence-electron chi connectivity index (χ0n) is 22.0. The molecule has 1 fully saturated rings. The van der Waals surface area contributed by atoms with Gasteiger partial charge in [0.15, 0.2) is 0 Å². The SMILES string of the molecule is C[C@H]1OC[C@]2(c3cc([N+](=O)[O-])ccc3F)N=C(N(C(=O)OC(C)(C)C)C(=O)OC(C)(C)C)N(C)C(=O)[C@H]12. The molecule has 2 heterocycles. The van der Waals surface area contributed by atoms with E-state index >= 15 is 4.39 Å². The number of hydrogen-bond acceptors (Lipinski definition) is 9. The maximum atomic E-state index is 15.2. The van der Waals surface area contributed by atoms with Gasteiger partial charge < -0.3 is 14.2 Å². The largest absolute Gasteiger partial charge is 0.443 e. The fraction of sp³-hybridized carbons (Fsp3) is 0.583. The summed E-state index contributed by atoms with van der Waals surface area (Å²) in [6.07, 6.45) is -3.11. The van der Waals surface area contributed by atoms with Crippen molar-refractivity contribution >= 4 is 29.7 Å². The average molecular weight is 523 g/mol. The van der Waals surface area contributed by atoms with E-state index in [0.29, 0.717) is 4.90 Å². The van der Waals surface area contributed by atoms with Crippen LogP contribution in [-0.2, 0) is 24.5 Å². The highest BCUT2D eigenvalue weighted by atomic mass is 19.1. The molecule has 12 nitrogen and oxygen atoms in total. The summed E-state index contributed by atoms with van der Waals surface area (Å²) in [5, 5.41) is 11.4. The van der Waals surface area contributed by atoms with Crippen LogP contribution in [0.2, 0.25) is 0 Å². The lowest BCUT2D eigenvalue weighted by Gasteiger charge is -2.41. The van der Waals surface area contributed by atoms with Crippen LogP contribution in [0.25, 0.3) is 0 Å². The Labute approximate surface area is 213 Å². The second kappa shape index (κ2) is 9.36. The Morgan fingerprint density at radius 3 is 2.22 bits per heavy atom. The van der Waals surface area contributed by atoms with Gasteiger partial charge in [0.05, 0.1) is 23.6 Å². The van der Waals surface area contributed by atoms with Crippen molar-refractivity contribution in [3.8, 4) is 0 Å². The molecule has 0 aromatic heterocycles. The van der Waals surface area contributed by atoms with Gasteiger partial charge in [0, 0.05) is 24.7 Å². The average Bonchev–Trinajstić information content (AvgIpc) is 3.06. The van der Waals surface area contributed by atoms with Crippen LogP contribution in [0.3, 0.4) is 0 Å². The predicted molar refractivity (Wildman–Crippen MR) is 128 cm³/mol. The molecule has 0 N–H and O–H groups in total. The van der Waals surface area contributed by atoms with Crippen LogP contribution < -0.4 is 0 Å². The first-order valence-corrected chi connectivity index (χ1v) is 11.6.